The first-order chi connectivity index (χ1) is 16.2. The molecule has 4 aromatic rings. The summed E-state index contributed by atoms with van der Waals surface area (Å²) in [6, 6.07) is 9.47. The number of nitrogens with one attached hydrogen (secondary N) is 1. The molecule has 0 radical (unpaired) electrons. The van der Waals surface area contributed by atoms with Gasteiger partial charge in [-0.15, -0.1) is 0 Å². The Morgan fingerprint density at radius 2 is 1.91 bits per heavy atom. The van der Waals surface area contributed by atoms with Crippen LogP contribution in [-0.2, 0) is 13.2 Å². The van der Waals surface area contributed by atoms with Gasteiger partial charge in [0.1, 0.15) is 17.7 Å². The van der Waals surface area contributed by atoms with Crippen LogP contribution in [0.2, 0.25) is 0 Å². The van der Waals surface area contributed by atoms with Crippen LogP contribution >= 0.6 is 0 Å². The molecule has 4 rings (SSSR count). The van der Waals surface area contributed by atoms with Crippen LogP contribution in [0.25, 0.3) is 5.69 Å². The standard InChI is InChI=1S/C23H19F4N5O2/c1-31-11-10-28-21(31)19(16-8-3-4-9-17(16)24)29-22(33)20-18(34-2)13-32(30-20)15-7-5-6-14(12-15)23(25,26)27/h3-13,19H,1-2H3,(H,29,33)/t19-/m0/s1. The third-order valence-electron chi connectivity index (χ3n) is 5.16. The van der Waals surface area contributed by atoms with Gasteiger partial charge in [-0.1, -0.05) is 24.3 Å². The molecule has 1 atom stereocenters. The van der Waals surface area contributed by atoms with Crippen molar-refractivity contribution in [2.24, 2.45) is 7.05 Å². The predicted octanol–water partition coefficient (Wildman–Crippen LogP) is 4.29. The van der Waals surface area contributed by atoms with Crippen molar-refractivity contribution >= 4 is 5.91 Å². The summed E-state index contributed by atoms with van der Waals surface area (Å²) >= 11 is 0. The number of alkyl halides is 3. The van der Waals surface area contributed by atoms with E-state index >= 15 is 0 Å². The Balaban J connectivity index is 1.71. The first kappa shape index (κ1) is 23.0. The van der Waals surface area contributed by atoms with Gasteiger partial charge >= 0.3 is 6.18 Å². The number of amides is 1. The predicted molar refractivity (Wildman–Crippen MR) is 114 cm³/mol. The molecule has 1 N–H and O–H groups in total. The number of aryl methyl sites for hydroxylation is 1. The lowest BCUT2D eigenvalue weighted by Gasteiger charge is -2.19. The highest BCUT2D eigenvalue weighted by Gasteiger charge is 2.31. The molecule has 0 aliphatic carbocycles. The molecular formula is C23H19F4N5O2. The molecule has 2 aromatic heterocycles. The Labute approximate surface area is 191 Å². The van der Waals surface area contributed by atoms with E-state index in [1.165, 1.54) is 49.8 Å². The minimum absolute atomic E-state index is 0.0297. The van der Waals surface area contributed by atoms with Crippen LogP contribution in [0.15, 0.2) is 67.1 Å². The number of nitrogens with zero attached hydrogens (tertiary/aromatic N) is 4. The van der Waals surface area contributed by atoms with Crippen molar-refractivity contribution in [3.05, 3.63) is 95.6 Å². The van der Waals surface area contributed by atoms with Crippen molar-refractivity contribution in [1.82, 2.24) is 24.6 Å². The van der Waals surface area contributed by atoms with Crippen molar-refractivity contribution in [2.75, 3.05) is 7.11 Å². The number of hydrogen-bond acceptors (Lipinski definition) is 4. The largest absolute Gasteiger partial charge is 0.493 e. The summed E-state index contributed by atoms with van der Waals surface area (Å²) in [5.41, 5.74) is -0.779. The van der Waals surface area contributed by atoms with Crippen LogP contribution in [0.5, 0.6) is 5.75 Å². The van der Waals surface area contributed by atoms with Crippen LogP contribution in [0.4, 0.5) is 17.6 Å². The third kappa shape index (κ3) is 4.49. The molecule has 0 bridgehead atoms. The Morgan fingerprint density at radius 3 is 2.56 bits per heavy atom. The second kappa shape index (κ2) is 9.00. The number of methoxy groups -OCH3 is 1. The monoisotopic (exact) mass is 473 g/mol. The molecule has 0 fully saturated rings. The molecule has 2 heterocycles. The number of aromatic nitrogens is 4. The van der Waals surface area contributed by atoms with Gasteiger partial charge in [-0.3, -0.25) is 4.79 Å². The molecule has 0 aliphatic rings. The highest BCUT2D eigenvalue weighted by Crippen LogP contribution is 2.31. The number of rotatable bonds is 6. The van der Waals surface area contributed by atoms with E-state index in [1.807, 2.05) is 0 Å². The normalized spacial score (nSPS) is 12.4. The van der Waals surface area contributed by atoms with Gasteiger partial charge in [0.25, 0.3) is 5.91 Å². The van der Waals surface area contributed by atoms with Crippen LogP contribution in [0.1, 0.15) is 33.5 Å². The van der Waals surface area contributed by atoms with Gasteiger partial charge in [0.2, 0.25) is 0 Å². The van der Waals surface area contributed by atoms with E-state index in [-0.39, 0.29) is 22.7 Å². The quantitative estimate of drug-likeness (QED) is 0.424. The number of imidazole rings is 1. The van der Waals surface area contributed by atoms with Crippen molar-refractivity contribution in [3.63, 3.8) is 0 Å². The number of halogens is 4. The maximum Gasteiger partial charge on any atom is 0.416 e. The number of ether oxygens (including phenoxy) is 1. The average molecular weight is 473 g/mol. The zero-order valence-corrected chi connectivity index (χ0v) is 18.0. The molecule has 0 aliphatic heterocycles. The van der Waals surface area contributed by atoms with Crippen LogP contribution in [0.3, 0.4) is 0 Å². The van der Waals surface area contributed by atoms with E-state index in [0.717, 1.165) is 16.8 Å². The number of carbonyl (C=O) groups is 1. The molecule has 34 heavy (non-hydrogen) atoms. The summed E-state index contributed by atoms with van der Waals surface area (Å²) in [6.45, 7) is 0. The van der Waals surface area contributed by atoms with Gasteiger partial charge in [-0.05, 0) is 24.3 Å². The zero-order valence-electron chi connectivity index (χ0n) is 18.0. The molecule has 0 spiro atoms. The van der Waals surface area contributed by atoms with E-state index in [1.54, 1.807) is 23.9 Å². The maximum absolute atomic E-state index is 14.6. The Morgan fingerprint density at radius 1 is 1.15 bits per heavy atom. The lowest BCUT2D eigenvalue weighted by atomic mass is 10.1. The molecule has 11 heteroatoms. The van der Waals surface area contributed by atoms with Crippen LogP contribution < -0.4 is 10.1 Å². The number of benzene rings is 2. The fraction of sp³-hybridized carbons (Fsp3) is 0.174. The van der Waals surface area contributed by atoms with Gasteiger partial charge in [0.05, 0.1) is 24.6 Å². The topological polar surface area (TPSA) is 74.0 Å². The van der Waals surface area contributed by atoms with Crippen LogP contribution in [-0.4, -0.2) is 32.3 Å². The van der Waals surface area contributed by atoms with E-state index in [0.29, 0.717) is 5.82 Å². The average Bonchev–Trinajstić information content (AvgIpc) is 3.44. The van der Waals surface area contributed by atoms with Gasteiger partial charge in [-0.25, -0.2) is 14.1 Å². The summed E-state index contributed by atoms with van der Waals surface area (Å²) in [5.74, 6) is -0.868. The fourth-order valence-electron chi connectivity index (χ4n) is 3.47. The molecule has 0 saturated carbocycles. The first-order valence-corrected chi connectivity index (χ1v) is 10.0. The molecule has 7 nitrogen and oxygen atoms in total. The van der Waals surface area contributed by atoms with Crippen molar-refractivity contribution in [3.8, 4) is 11.4 Å². The highest BCUT2D eigenvalue weighted by molar-refractivity contribution is 5.95. The molecular weight excluding hydrogens is 454 g/mol. The Bertz CT molecular complexity index is 1330. The summed E-state index contributed by atoms with van der Waals surface area (Å²) in [5, 5.41) is 6.85. The van der Waals surface area contributed by atoms with Gasteiger partial charge < -0.3 is 14.6 Å². The summed E-state index contributed by atoms with van der Waals surface area (Å²) in [6.07, 6.45) is -0.0810. The molecule has 0 saturated heterocycles. The summed E-state index contributed by atoms with van der Waals surface area (Å²) in [7, 11) is 3.00. The first-order valence-electron chi connectivity index (χ1n) is 10.0. The zero-order chi connectivity index (χ0) is 24.5. The highest BCUT2D eigenvalue weighted by atomic mass is 19.4. The van der Waals surface area contributed by atoms with Gasteiger partial charge in [0, 0.05) is 25.0 Å². The van der Waals surface area contributed by atoms with Gasteiger partial charge in [-0.2, -0.15) is 18.3 Å². The number of carbonyl (C=O) groups excluding carboxylic acids is 1. The Hall–Kier alpha value is -4.15. The minimum Gasteiger partial charge on any atom is -0.493 e. The van der Waals surface area contributed by atoms with E-state index < -0.39 is 29.5 Å². The summed E-state index contributed by atoms with van der Waals surface area (Å²) < 4.78 is 61.9. The smallest absolute Gasteiger partial charge is 0.416 e. The second-order valence-corrected chi connectivity index (χ2v) is 7.36. The molecule has 0 unspecified atom stereocenters. The van der Waals surface area contributed by atoms with E-state index in [2.05, 4.69) is 15.4 Å². The molecule has 2 aromatic carbocycles. The SMILES string of the molecule is COc1cn(-c2cccc(C(F)(F)F)c2)nc1C(=O)N[C@@H](c1ccccc1F)c1nccn1C. The van der Waals surface area contributed by atoms with Crippen molar-refractivity contribution in [2.45, 2.75) is 12.2 Å². The third-order valence-corrected chi connectivity index (χ3v) is 5.16. The summed E-state index contributed by atoms with van der Waals surface area (Å²) in [4.78, 5) is 17.4. The minimum atomic E-state index is -4.54. The molecule has 1 amide bonds. The van der Waals surface area contributed by atoms with E-state index in [9.17, 15) is 22.4 Å². The lowest BCUT2D eigenvalue weighted by Crippen LogP contribution is -2.32. The lowest BCUT2D eigenvalue weighted by molar-refractivity contribution is -0.137. The van der Waals surface area contributed by atoms with E-state index in [4.69, 9.17) is 4.74 Å². The fourth-order valence-corrected chi connectivity index (χ4v) is 3.47. The molecule has 176 valence electrons. The second-order valence-electron chi connectivity index (χ2n) is 7.36. The van der Waals surface area contributed by atoms with Gasteiger partial charge in [0.15, 0.2) is 11.4 Å². The van der Waals surface area contributed by atoms with Crippen molar-refractivity contribution in [1.29, 1.82) is 0 Å². The van der Waals surface area contributed by atoms with Crippen molar-refractivity contribution < 1.29 is 27.1 Å². The Kier molecular flexibility index (Phi) is 6.10. The number of hydrogen-bond donors (Lipinski definition) is 1. The van der Waals surface area contributed by atoms with Crippen LogP contribution in [0, 0.1) is 5.82 Å². The maximum atomic E-state index is 14.6.